The number of benzene rings is 3. The number of carboxylic acid groups (broad SMARTS) is 1. The second kappa shape index (κ2) is 19.6. The normalized spacial score (nSPS) is 14.9. The van der Waals surface area contributed by atoms with E-state index in [-0.39, 0.29) is 30.1 Å². The highest BCUT2D eigenvalue weighted by atomic mass is 16.4. The van der Waals surface area contributed by atoms with Gasteiger partial charge in [-0.05, 0) is 52.5 Å². The Labute approximate surface area is 301 Å². The molecule has 0 aliphatic heterocycles. The van der Waals surface area contributed by atoms with E-state index in [1.54, 1.807) is 20.8 Å². The van der Waals surface area contributed by atoms with Crippen molar-refractivity contribution in [3.63, 3.8) is 0 Å². The van der Waals surface area contributed by atoms with Gasteiger partial charge in [-0.15, -0.1) is 0 Å². The summed E-state index contributed by atoms with van der Waals surface area (Å²) in [7, 11) is 0. The maximum absolute atomic E-state index is 13.7. The van der Waals surface area contributed by atoms with Crippen molar-refractivity contribution < 1.29 is 34.2 Å². The van der Waals surface area contributed by atoms with Gasteiger partial charge in [0.15, 0.2) is 0 Å². The third-order valence-corrected chi connectivity index (χ3v) is 9.26. The van der Waals surface area contributed by atoms with Crippen molar-refractivity contribution in [2.75, 3.05) is 0 Å². The van der Waals surface area contributed by atoms with Crippen LogP contribution in [0.3, 0.4) is 0 Å². The van der Waals surface area contributed by atoms with Crippen LogP contribution in [0.25, 0.3) is 10.8 Å². The van der Waals surface area contributed by atoms with Crippen molar-refractivity contribution in [2.24, 2.45) is 17.8 Å². The molecule has 51 heavy (non-hydrogen) atoms. The molecule has 0 aromatic heterocycles. The quantitative estimate of drug-likeness (QED) is 0.109. The predicted molar refractivity (Wildman–Crippen MR) is 198 cm³/mol. The second-order valence-electron chi connectivity index (χ2n) is 14.1. The largest absolute Gasteiger partial charge is 0.480 e. The zero-order valence-corrected chi connectivity index (χ0v) is 30.5. The van der Waals surface area contributed by atoms with Crippen molar-refractivity contribution in [3.8, 4) is 0 Å². The summed E-state index contributed by atoms with van der Waals surface area (Å²) in [5.41, 5.74) is 1.78. The van der Waals surface area contributed by atoms with Gasteiger partial charge in [-0.1, -0.05) is 121 Å². The van der Waals surface area contributed by atoms with Gasteiger partial charge in [-0.3, -0.25) is 19.2 Å². The Hall–Kier alpha value is -4.77. The lowest BCUT2D eigenvalue weighted by molar-refractivity contribution is -0.143. The van der Waals surface area contributed by atoms with E-state index >= 15 is 0 Å². The SMILES string of the molecule is CC[C@H](C)[C@H](NC(=O)C[C@H](O)[C@H](CCc1ccccc1)NC(=O)[C@@H](NC(=O)Cc1ccc2ccccc2c1)C(C)C)C(=O)N[C@H](C(=O)O)C(C)C. The molecule has 0 saturated carbocycles. The fraction of sp³-hybridized carbons (Fsp3) is 0.475. The van der Waals surface area contributed by atoms with Crippen molar-refractivity contribution in [1.29, 1.82) is 0 Å². The molecule has 276 valence electrons. The van der Waals surface area contributed by atoms with E-state index in [1.165, 1.54) is 0 Å². The molecule has 11 heteroatoms. The molecule has 0 saturated heterocycles. The molecule has 0 aliphatic carbocycles. The van der Waals surface area contributed by atoms with E-state index in [4.69, 9.17) is 0 Å². The van der Waals surface area contributed by atoms with Crippen LogP contribution in [0.4, 0.5) is 0 Å². The fourth-order valence-corrected chi connectivity index (χ4v) is 5.92. The number of fused-ring (bicyclic) bond motifs is 1. The lowest BCUT2D eigenvalue weighted by Crippen LogP contribution is -2.57. The molecule has 4 amide bonds. The number of aryl methyl sites for hydroxylation is 1. The van der Waals surface area contributed by atoms with Crippen LogP contribution in [0.5, 0.6) is 0 Å². The van der Waals surface area contributed by atoms with Crippen LogP contribution in [0, 0.1) is 17.8 Å². The minimum absolute atomic E-state index is 0.0802. The first kappa shape index (κ1) is 40.7. The smallest absolute Gasteiger partial charge is 0.326 e. The Morgan fingerprint density at radius 2 is 1.24 bits per heavy atom. The maximum atomic E-state index is 13.7. The first-order chi connectivity index (χ1) is 24.2. The molecule has 11 nitrogen and oxygen atoms in total. The van der Waals surface area contributed by atoms with Crippen molar-refractivity contribution in [2.45, 2.75) is 104 Å². The fourth-order valence-electron chi connectivity index (χ4n) is 5.92. The number of carboxylic acids is 1. The van der Waals surface area contributed by atoms with Crippen molar-refractivity contribution in [1.82, 2.24) is 21.3 Å². The predicted octanol–water partition coefficient (Wildman–Crippen LogP) is 4.15. The Kier molecular flexibility index (Phi) is 15.6. The van der Waals surface area contributed by atoms with Gasteiger partial charge in [0, 0.05) is 0 Å². The summed E-state index contributed by atoms with van der Waals surface area (Å²) in [6.07, 6.45) is -0.357. The van der Waals surface area contributed by atoms with Gasteiger partial charge in [0.25, 0.3) is 0 Å². The van der Waals surface area contributed by atoms with E-state index in [2.05, 4.69) is 21.3 Å². The van der Waals surface area contributed by atoms with Gasteiger partial charge in [0.05, 0.1) is 25.0 Å². The number of rotatable bonds is 19. The summed E-state index contributed by atoms with van der Waals surface area (Å²) in [4.78, 5) is 65.1. The van der Waals surface area contributed by atoms with Gasteiger partial charge >= 0.3 is 5.97 Å². The lowest BCUT2D eigenvalue weighted by atomic mass is 9.95. The van der Waals surface area contributed by atoms with E-state index < -0.39 is 60.4 Å². The lowest BCUT2D eigenvalue weighted by Gasteiger charge is -2.30. The monoisotopic (exact) mass is 702 g/mol. The van der Waals surface area contributed by atoms with Crippen LogP contribution in [0.2, 0.25) is 0 Å². The Morgan fingerprint density at radius 3 is 1.84 bits per heavy atom. The summed E-state index contributed by atoms with van der Waals surface area (Å²) in [6.45, 7) is 10.6. The number of carbonyl (C=O) groups is 5. The van der Waals surface area contributed by atoms with Crippen LogP contribution in [-0.4, -0.2) is 70.1 Å². The number of aliphatic hydroxyl groups is 1. The zero-order valence-electron chi connectivity index (χ0n) is 30.5. The molecule has 0 spiro atoms. The number of nitrogens with one attached hydrogen (secondary N) is 4. The molecule has 0 fully saturated rings. The maximum Gasteiger partial charge on any atom is 0.326 e. The molecule has 3 aromatic carbocycles. The summed E-state index contributed by atoms with van der Waals surface area (Å²) in [5, 5.41) is 34.0. The molecule has 0 aliphatic rings. The highest BCUT2D eigenvalue weighted by Crippen LogP contribution is 2.17. The molecule has 6 N–H and O–H groups in total. The minimum atomic E-state index is -1.33. The van der Waals surface area contributed by atoms with E-state index in [0.717, 1.165) is 21.9 Å². The molecule has 6 atom stereocenters. The molecule has 0 unspecified atom stereocenters. The van der Waals surface area contributed by atoms with Crippen LogP contribution in [-0.2, 0) is 36.8 Å². The topological polar surface area (TPSA) is 174 Å². The van der Waals surface area contributed by atoms with Crippen molar-refractivity contribution in [3.05, 3.63) is 83.9 Å². The summed E-state index contributed by atoms with van der Waals surface area (Å²) in [5.74, 6) is -4.22. The first-order valence-corrected chi connectivity index (χ1v) is 17.8. The highest BCUT2D eigenvalue weighted by molar-refractivity contribution is 5.91. The molecule has 0 heterocycles. The number of hydrogen-bond acceptors (Lipinski definition) is 6. The van der Waals surface area contributed by atoms with Gasteiger partial charge in [0.1, 0.15) is 18.1 Å². The van der Waals surface area contributed by atoms with E-state index in [9.17, 15) is 34.2 Å². The van der Waals surface area contributed by atoms with Crippen LogP contribution in [0.1, 0.15) is 71.9 Å². The van der Waals surface area contributed by atoms with Crippen LogP contribution >= 0.6 is 0 Å². The average Bonchev–Trinajstić information content (AvgIpc) is 3.09. The standard InChI is InChI=1S/C40H54N4O7/c1-7-26(6)37(39(49)44-36(25(4)5)40(50)51)43-34(47)23-32(45)31(20-18-27-13-9-8-10-14-27)41-38(48)35(24(2)3)42-33(46)22-28-17-19-29-15-11-12-16-30(29)21-28/h8-17,19,21,24-26,31-32,35-37,45H,7,18,20,22-23H2,1-6H3,(H,41,48)(H,42,46)(H,43,47)(H,44,49)(H,50,51)/t26-,31-,32-,35-,36-,37-/m0/s1. The van der Waals surface area contributed by atoms with Crippen LogP contribution in [0.15, 0.2) is 72.8 Å². The molecule has 0 bridgehead atoms. The van der Waals surface area contributed by atoms with Gasteiger partial charge in [-0.2, -0.15) is 0 Å². The van der Waals surface area contributed by atoms with Gasteiger partial charge < -0.3 is 31.5 Å². The van der Waals surface area contributed by atoms with Gasteiger partial charge in [0.2, 0.25) is 23.6 Å². The van der Waals surface area contributed by atoms with Crippen LogP contribution < -0.4 is 21.3 Å². The third-order valence-electron chi connectivity index (χ3n) is 9.26. The summed E-state index contributed by atoms with van der Waals surface area (Å²) >= 11 is 0. The number of aliphatic carboxylic acids is 1. The molecular weight excluding hydrogens is 648 g/mol. The highest BCUT2D eigenvalue weighted by Gasteiger charge is 2.33. The molecule has 3 aromatic rings. The number of aliphatic hydroxyl groups excluding tert-OH is 1. The number of hydrogen-bond donors (Lipinski definition) is 6. The number of amides is 4. The third kappa shape index (κ3) is 12.5. The first-order valence-electron chi connectivity index (χ1n) is 17.8. The second-order valence-corrected chi connectivity index (χ2v) is 14.1. The van der Waals surface area contributed by atoms with Gasteiger partial charge in [-0.25, -0.2) is 4.79 Å². The average molecular weight is 703 g/mol. The minimum Gasteiger partial charge on any atom is -0.480 e. The summed E-state index contributed by atoms with van der Waals surface area (Å²) in [6, 6.07) is 19.2. The Balaban J connectivity index is 1.73. The van der Waals surface area contributed by atoms with E-state index in [0.29, 0.717) is 19.3 Å². The number of carbonyl (C=O) groups excluding carboxylic acids is 4. The van der Waals surface area contributed by atoms with E-state index in [1.807, 2.05) is 93.6 Å². The Bertz CT molecular complexity index is 1630. The molecular formula is C40H54N4O7. The Morgan fingerprint density at radius 1 is 0.647 bits per heavy atom. The molecule has 3 rings (SSSR count). The summed E-state index contributed by atoms with van der Waals surface area (Å²) < 4.78 is 0. The van der Waals surface area contributed by atoms with Crippen molar-refractivity contribution >= 4 is 40.4 Å². The zero-order chi connectivity index (χ0) is 37.7. The molecule has 0 radical (unpaired) electrons.